The van der Waals surface area contributed by atoms with Gasteiger partial charge in [0.1, 0.15) is 6.54 Å². The zero-order valence-electron chi connectivity index (χ0n) is 13.4. The maximum Gasteiger partial charge on any atom is 0.335 e. The third kappa shape index (κ3) is 3.55. The quantitative estimate of drug-likeness (QED) is 0.489. The first-order valence-electron chi connectivity index (χ1n) is 7.59. The van der Waals surface area contributed by atoms with E-state index in [1.54, 1.807) is 36.4 Å². The van der Waals surface area contributed by atoms with Crippen LogP contribution in [0.25, 0.3) is 0 Å². The fourth-order valence-corrected chi connectivity index (χ4v) is 2.57. The monoisotopic (exact) mass is 372 g/mol. The maximum absolute atomic E-state index is 12.4. The van der Waals surface area contributed by atoms with Crippen LogP contribution in [0.5, 0.6) is 0 Å². The van der Waals surface area contributed by atoms with Gasteiger partial charge in [-0.15, -0.1) is 0 Å². The van der Waals surface area contributed by atoms with Crippen LogP contribution in [0.3, 0.4) is 0 Å². The number of hydrogen-bond donors (Lipinski definition) is 1. The topological polar surface area (TPSA) is 99.7 Å². The lowest BCUT2D eigenvalue weighted by molar-refractivity contribution is -0.143. The molecule has 1 fully saturated rings. The third-order valence-corrected chi connectivity index (χ3v) is 3.95. The minimum absolute atomic E-state index is 0.0448. The molecule has 132 valence electrons. The van der Waals surface area contributed by atoms with E-state index in [1.165, 1.54) is 12.3 Å². The molecule has 0 unspecified atom stereocenters. The molecular formula is C17H13ClN4O4. The van der Waals surface area contributed by atoms with Gasteiger partial charge in [0.05, 0.1) is 12.2 Å². The summed E-state index contributed by atoms with van der Waals surface area (Å²) < 4.78 is 0. The van der Waals surface area contributed by atoms with Crippen molar-refractivity contribution in [1.82, 2.24) is 14.8 Å². The predicted molar refractivity (Wildman–Crippen MR) is 92.0 cm³/mol. The highest BCUT2D eigenvalue weighted by Crippen LogP contribution is 2.19. The number of halogens is 1. The summed E-state index contributed by atoms with van der Waals surface area (Å²) in [5, 5.41) is 2.52. The number of benzene rings is 1. The van der Waals surface area contributed by atoms with E-state index in [0.717, 1.165) is 4.90 Å². The van der Waals surface area contributed by atoms with Crippen molar-refractivity contribution in [1.29, 1.82) is 0 Å². The van der Waals surface area contributed by atoms with Gasteiger partial charge >= 0.3 is 17.8 Å². The lowest BCUT2D eigenvalue weighted by Crippen LogP contribution is -2.38. The molecule has 1 aliphatic rings. The summed E-state index contributed by atoms with van der Waals surface area (Å²) in [6, 6.07) is 11.0. The van der Waals surface area contributed by atoms with Crippen molar-refractivity contribution in [3.8, 4) is 0 Å². The minimum Gasteiger partial charge on any atom is -0.322 e. The molecule has 0 spiro atoms. The normalized spacial score (nSPS) is 14.1. The Labute approximate surface area is 153 Å². The lowest BCUT2D eigenvalue weighted by atomic mass is 10.2. The number of amides is 5. The summed E-state index contributed by atoms with van der Waals surface area (Å²) in [5.41, 5.74) is 0.932. The van der Waals surface area contributed by atoms with E-state index in [-0.39, 0.29) is 17.4 Å². The smallest absolute Gasteiger partial charge is 0.322 e. The van der Waals surface area contributed by atoms with Crippen molar-refractivity contribution in [3.63, 3.8) is 0 Å². The van der Waals surface area contributed by atoms with Gasteiger partial charge in [0, 0.05) is 6.20 Å². The number of rotatable bonds is 5. The predicted octanol–water partition coefficient (Wildman–Crippen LogP) is 1.66. The van der Waals surface area contributed by atoms with Gasteiger partial charge in [0.2, 0.25) is 5.91 Å². The fourth-order valence-electron chi connectivity index (χ4n) is 2.41. The Morgan fingerprint density at radius 1 is 1.00 bits per heavy atom. The van der Waals surface area contributed by atoms with E-state index in [1.807, 2.05) is 0 Å². The molecule has 2 aromatic rings. The molecule has 0 saturated carbocycles. The van der Waals surface area contributed by atoms with Crippen LogP contribution in [-0.2, 0) is 20.9 Å². The van der Waals surface area contributed by atoms with Crippen LogP contribution in [0.4, 0.5) is 10.5 Å². The molecule has 0 bridgehead atoms. The highest BCUT2D eigenvalue weighted by molar-refractivity contribution is 6.45. The van der Waals surface area contributed by atoms with Gasteiger partial charge in [-0.1, -0.05) is 41.9 Å². The highest BCUT2D eigenvalue weighted by atomic mass is 35.5. The number of carbonyl (C=O) groups is 4. The molecule has 3 rings (SSSR count). The van der Waals surface area contributed by atoms with Crippen LogP contribution in [0.1, 0.15) is 5.56 Å². The Hall–Kier alpha value is -3.26. The van der Waals surface area contributed by atoms with Gasteiger partial charge in [0.15, 0.2) is 5.15 Å². The molecule has 8 nitrogen and oxygen atoms in total. The first kappa shape index (κ1) is 17.6. The largest absolute Gasteiger partial charge is 0.335 e. The molecule has 1 aromatic carbocycles. The molecule has 26 heavy (non-hydrogen) atoms. The Morgan fingerprint density at radius 2 is 1.69 bits per heavy atom. The van der Waals surface area contributed by atoms with Crippen LogP contribution in [0, 0.1) is 0 Å². The van der Waals surface area contributed by atoms with Crippen molar-refractivity contribution in [3.05, 3.63) is 59.4 Å². The number of anilines is 1. The second-order valence-corrected chi connectivity index (χ2v) is 5.80. The van der Waals surface area contributed by atoms with Gasteiger partial charge in [0.25, 0.3) is 0 Å². The van der Waals surface area contributed by atoms with Gasteiger partial charge in [-0.05, 0) is 17.7 Å². The minimum atomic E-state index is -1.04. The van der Waals surface area contributed by atoms with E-state index in [9.17, 15) is 19.2 Å². The van der Waals surface area contributed by atoms with Gasteiger partial charge < -0.3 is 5.32 Å². The van der Waals surface area contributed by atoms with Crippen LogP contribution >= 0.6 is 11.6 Å². The van der Waals surface area contributed by atoms with E-state index >= 15 is 0 Å². The van der Waals surface area contributed by atoms with Crippen LogP contribution in [-0.4, -0.2) is 45.1 Å². The third-order valence-electron chi connectivity index (χ3n) is 3.65. The molecule has 0 aliphatic carbocycles. The average molecular weight is 373 g/mol. The van der Waals surface area contributed by atoms with Crippen molar-refractivity contribution < 1.29 is 19.2 Å². The molecule has 1 saturated heterocycles. The molecular weight excluding hydrogens is 360 g/mol. The molecule has 1 aliphatic heterocycles. The Morgan fingerprint density at radius 3 is 2.38 bits per heavy atom. The van der Waals surface area contributed by atoms with Crippen LogP contribution in [0.15, 0.2) is 48.7 Å². The second kappa shape index (κ2) is 7.32. The summed E-state index contributed by atoms with van der Waals surface area (Å²) >= 11 is 5.84. The summed E-state index contributed by atoms with van der Waals surface area (Å²) in [7, 11) is 0. The molecule has 1 aromatic heterocycles. The number of pyridine rings is 1. The Balaban J connectivity index is 1.69. The Kier molecular flexibility index (Phi) is 4.94. The summed E-state index contributed by atoms with van der Waals surface area (Å²) in [6.07, 6.45) is 1.45. The SMILES string of the molecule is O=C(CN1C(=O)C(=O)N(Cc2ccccc2)C1=O)Nc1cccnc1Cl. The second-order valence-electron chi connectivity index (χ2n) is 5.44. The average Bonchev–Trinajstić information content (AvgIpc) is 2.83. The molecule has 1 N–H and O–H groups in total. The number of aromatic nitrogens is 1. The van der Waals surface area contributed by atoms with Crippen LogP contribution < -0.4 is 5.32 Å². The number of carbonyl (C=O) groups excluding carboxylic acids is 4. The summed E-state index contributed by atoms with van der Waals surface area (Å²) in [4.78, 5) is 53.8. The van der Waals surface area contributed by atoms with Crippen molar-refractivity contribution >= 4 is 41.0 Å². The van der Waals surface area contributed by atoms with E-state index in [4.69, 9.17) is 11.6 Å². The summed E-state index contributed by atoms with van der Waals surface area (Å²) in [6.45, 7) is -0.642. The number of urea groups is 1. The van der Waals surface area contributed by atoms with E-state index in [0.29, 0.717) is 10.5 Å². The van der Waals surface area contributed by atoms with Gasteiger partial charge in [-0.3, -0.25) is 19.3 Å². The zero-order chi connectivity index (χ0) is 18.7. The van der Waals surface area contributed by atoms with Crippen molar-refractivity contribution in [2.45, 2.75) is 6.54 Å². The standard InChI is InChI=1S/C17H13ClN4O4/c18-14-12(7-4-8-19-14)20-13(23)10-22-16(25)15(24)21(17(22)26)9-11-5-2-1-3-6-11/h1-8H,9-10H2,(H,20,23). The molecule has 2 heterocycles. The fraction of sp³-hybridized carbons (Fsp3) is 0.118. The number of nitrogens with one attached hydrogen (secondary N) is 1. The number of hydrogen-bond acceptors (Lipinski definition) is 5. The molecule has 5 amide bonds. The van der Waals surface area contributed by atoms with E-state index in [2.05, 4.69) is 10.3 Å². The van der Waals surface area contributed by atoms with Crippen LogP contribution in [0.2, 0.25) is 5.15 Å². The Bertz CT molecular complexity index is 887. The lowest BCUT2D eigenvalue weighted by Gasteiger charge is -2.15. The van der Waals surface area contributed by atoms with Crippen molar-refractivity contribution in [2.24, 2.45) is 0 Å². The van der Waals surface area contributed by atoms with Crippen molar-refractivity contribution in [2.75, 3.05) is 11.9 Å². The number of nitrogens with zero attached hydrogens (tertiary/aromatic N) is 3. The molecule has 0 radical (unpaired) electrons. The molecule has 0 atom stereocenters. The van der Waals surface area contributed by atoms with Gasteiger partial charge in [-0.2, -0.15) is 0 Å². The van der Waals surface area contributed by atoms with Gasteiger partial charge in [-0.25, -0.2) is 14.7 Å². The number of imide groups is 2. The first-order chi connectivity index (χ1) is 12.5. The van der Waals surface area contributed by atoms with E-state index < -0.39 is 30.3 Å². The molecule has 9 heteroatoms. The summed E-state index contributed by atoms with van der Waals surface area (Å²) in [5.74, 6) is -2.68. The highest BCUT2D eigenvalue weighted by Gasteiger charge is 2.45. The maximum atomic E-state index is 12.4. The zero-order valence-corrected chi connectivity index (χ0v) is 14.1. The first-order valence-corrected chi connectivity index (χ1v) is 7.97.